The molecule has 0 spiro atoms. The number of nitrogen functional groups attached to an aromatic ring is 1. The van der Waals surface area contributed by atoms with Crippen LogP contribution in [0.3, 0.4) is 0 Å². The van der Waals surface area contributed by atoms with Gasteiger partial charge in [-0.25, -0.2) is 14.4 Å². The first-order valence-corrected chi connectivity index (χ1v) is 7.60. The number of fused-ring (bicyclic) bond motifs is 1. The van der Waals surface area contributed by atoms with Gasteiger partial charge in [0.25, 0.3) is 0 Å². The Morgan fingerprint density at radius 3 is 2.82 bits per heavy atom. The number of hydrogen-bond acceptors (Lipinski definition) is 3. The van der Waals surface area contributed by atoms with E-state index in [1.807, 2.05) is 6.07 Å². The zero-order valence-corrected chi connectivity index (χ0v) is 12.2. The third-order valence-corrected chi connectivity index (χ3v) is 4.52. The van der Waals surface area contributed by atoms with E-state index in [2.05, 4.69) is 20.7 Å². The fourth-order valence-corrected chi connectivity index (χ4v) is 3.37. The summed E-state index contributed by atoms with van der Waals surface area (Å²) >= 11 is 0. The summed E-state index contributed by atoms with van der Waals surface area (Å²) in [6.07, 6.45) is 10.3. The molecule has 1 aliphatic carbocycles. The molecule has 0 radical (unpaired) electrons. The Morgan fingerprint density at radius 2 is 2.05 bits per heavy atom. The Kier molecular flexibility index (Phi) is 3.06. The van der Waals surface area contributed by atoms with Crippen LogP contribution in [0.4, 0.5) is 10.1 Å². The second-order valence-corrected chi connectivity index (χ2v) is 5.88. The summed E-state index contributed by atoms with van der Waals surface area (Å²) in [6.45, 7) is 0. The smallest absolute Gasteiger partial charge is 0.146 e. The van der Waals surface area contributed by atoms with E-state index >= 15 is 0 Å². The molecule has 112 valence electrons. The fraction of sp³-hybridized carbons (Fsp3) is 0.294. The van der Waals surface area contributed by atoms with Crippen molar-refractivity contribution in [1.29, 1.82) is 0 Å². The van der Waals surface area contributed by atoms with Crippen molar-refractivity contribution in [2.75, 3.05) is 5.73 Å². The molecule has 0 unspecified atom stereocenters. The lowest BCUT2D eigenvalue weighted by atomic mass is 10.1. The van der Waals surface area contributed by atoms with Crippen molar-refractivity contribution in [1.82, 2.24) is 14.5 Å². The van der Waals surface area contributed by atoms with Gasteiger partial charge in [-0.3, -0.25) is 0 Å². The third-order valence-electron chi connectivity index (χ3n) is 4.52. The number of halogens is 1. The summed E-state index contributed by atoms with van der Waals surface area (Å²) in [6, 6.07) is 5.41. The average Bonchev–Trinajstić information content (AvgIpc) is 3.17. The van der Waals surface area contributed by atoms with Crippen molar-refractivity contribution in [2.24, 2.45) is 0 Å². The summed E-state index contributed by atoms with van der Waals surface area (Å²) < 4.78 is 16.0. The van der Waals surface area contributed by atoms with Gasteiger partial charge in [-0.05, 0) is 30.5 Å². The molecule has 4 nitrogen and oxygen atoms in total. The van der Waals surface area contributed by atoms with E-state index in [0.29, 0.717) is 6.04 Å². The summed E-state index contributed by atoms with van der Waals surface area (Å²) in [5, 5.41) is 0.957. The van der Waals surface area contributed by atoms with Gasteiger partial charge >= 0.3 is 0 Å². The van der Waals surface area contributed by atoms with Crippen LogP contribution in [0.2, 0.25) is 0 Å². The topological polar surface area (TPSA) is 56.7 Å². The average molecular weight is 296 g/mol. The van der Waals surface area contributed by atoms with Gasteiger partial charge < -0.3 is 10.3 Å². The highest BCUT2D eigenvalue weighted by molar-refractivity contribution is 5.93. The highest BCUT2D eigenvalue weighted by atomic mass is 19.1. The van der Waals surface area contributed by atoms with Crippen LogP contribution < -0.4 is 5.73 Å². The highest BCUT2D eigenvalue weighted by Gasteiger charge is 2.21. The minimum Gasteiger partial charge on any atom is -0.396 e. The quantitative estimate of drug-likeness (QED) is 0.729. The van der Waals surface area contributed by atoms with Gasteiger partial charge in [-0.2, -0.15) is 0 Å². The lowest BCUT2D eigenvalue weighted by Crippen LogP contribution is -2.03. The van der Waals surface area contributed by atoms with Crippen molar-refractivity contribution in [3.8, 4) is 11.1 Å². The summed E-state index contributed by atoms with van der Waals surface area (Å²) in [5.41, 5.74) is 8.44. The number of aromatic nitrogens is 3. The second kappa shape index (κ2) is 5.09. The summed E-state index contributed by atoms with van der Waals surface area (Å²) in [4.78, 5) is 8.58. The van der Waals surface area contributed by atoms with Crippen LogP contribution in [0.25, 0.3) is 22.2 Å². The predicted octanol–water partition coefficient (Wildman–Crippen LogP) is 3.93. The van der Waals surface area contributed by atoms with Crippen LogP contribution >= 0.6 is 0 Å². The molecule has 22 heavy (non-hydrogen) atoms. The highest BCUT2D eigenvalue weighted by Crippen LogP contribution is 2.37. The van der Waals surface area contributed by atoms with E-state index < -0.39 is 5.82 Å². The van der Waals surface area contributed by atoms with E-state index in [1.165, 1.54) is 31.7 Å². The van der Waals surface area contributed by atoms with E-state index in [-0.39, 0.29) is 5.69 Å². The first-order chi connectivity index (χ1) is 10.7. The standard InChI is InChI=1S/C17H17FN4/c18-15-7-11(5-6-16(15)19)14-9-22(12-3-1-2-4-12)17-13(14)8-20-10-21-17/h5-10,12H,1-4,19H2. The van der Waals surface area contributed by atoms with Crippen LogP contribution in [0.5, 0.6) is 0 Å². The van der Waals surface area contributed by atoms with Crippen LogP contribution in [-0.2, 0) is 0 Å². The molecule has 3 aromatic rings. The molecule has 2 heterocycles. The Hall–Kier alpha value is -2.43. The van der Waals surface area contributed by atoms with Gasteiger partial charge in [-0.1, -0.05) is 18.9 Å². The van der Waals surface area contributed by atoms with Crippen molar-refractivity contribution in [3.05, 3.63) is 42.7 Å². The zero-order valence-electron chi connectivity index (χ0n) is 12.2. The zero-order chi connectivity index (χ0) is 15.1. The monoisotopic (exact) mass is 296 g/mol. The van der Waals surface area contributed by atoms with E-state index in [0.717, 1.165) is 22.2 Å². The SMILES string of the molecule is Nc1ccc(-c2cn(C3CCCC3)c3ncncc23)cc1F. The number of benzene rings is 1. The molecular formula is C17H17FN4. The molecule has 0 bridgehead atoms. The largest absolute Gasteiger partial charge is 0.396 e. The van der Waals surface area contributed by atoms with E-state index in [4.69, 9.17) is 5.73 Å². The van der Waals surface area contributed by atoms with Gasteiger partial charge in [0.15, 0.2) is 0 Å². The number of hydrogen-bond donors (Lipinski definition) is 1. The van der Waals surface area contributed by atoms with Crippen LogP contribution in [0.1, 0.15) is 31.7 Å². The Morgan fingerprint density at radius 1 is 1.23 bits per heavy atom. The van der Waals surface area contributed by atoms with Crippen molar-refractivity contribution in [3.63, 3.8) is 0 Å². The molecular weight excluding hydrogens is 279 g/mol. The molecule has 1 saturated carbocycles. The molecule has 1 fully saturated rings. The Bertz CT molecular complexity index is 834. The molecule has 0 aliphatic heterocycles. The Labute approximate surface area is 127 Å². The molecule has 2 aromatic heterocycles. The second-order valence-electron chi connectivity index (χ2n) is 5.88. The maximum absolute atomic E-state index is 13.8. The third kappa shape index (κ3) is 2.04. The maximum Gasteiger partial charge on any atom is 0.146 e. The molecule has 1 aliphatic rings. The molecule has 2 N–H and O–H groups in total. The summed E-state index contributed by atoms with van der Waals surface area (Å²) in [7, 11) is 0. The van der Waals surface area contributed by atoms with Crippen LogP contribution in [0, 0.1) is 5.82 Å². The van der Waals surface area contributed by atoms with E-state index in [9.17, 15) is 4.39 Å². The lowest BCUT2D eigenvalue weighted by Gasteiger charge is -2.11. The van der Waals surface area contributed by atoms with Crippen molar-refractivity contribution < 1.29 is 4.39 Å². The molecule has 5 heteroatoms. The van der Waals surface area contributed by atoms with Gasteiger partial charge in [-0.15, -0.1) is 0 Å². The summed E-state index contributed by atoms with van der Waals surface area (Å²) in [5.74, 6) is -0.392. The fourth-order valence-electron chi connectivity index (χ4n) is 3.37. The van der Waals surface area contributed by atoms with E-state index in [1.54, 1.807) is 18.6 Å². The predicted molar refractivity (Wildman–Crippen MR) is 84.8 cm³/mol. The molecule has 4 rings (SSSR count). The normalized spacial score (nSPS) is 15.7. The van der Waals surface area contributed by atoms with Crippen LogP contribution in [-0.4, -0.2) is 14.5 Å². The van der Waals surface area contributed by atoms with Crippen LogP contribution in [0.15, 0.2) is 36.9 Å². The minimum atomic E-state index is -0.392. The minimum absolute atomic E-state index is 0.166. The van der Waals surface area contributed by atoms with Crippen molar-refractivity contribution in [2.45, 2.75) is 31.7 Å². The maximum atomic E-state index is 13.8. The number of nitrogens with two attached hydrogens (primary N) is 1. The van der Waals surface area contributed by atoms with Gasteiger partial charge in [0.1, 0.15) is 17.8 Å². The first kappa shape index (κ1) is 13.2. The molecule has 0 amide bonds. The van der Waals surface area contributed by atoms with Gasteiger partial charge in [0.05, 0.1) is 5.69 Å². The van der Waals surface area contributed by atoms with Gasteiger partial charge in [0.2, 0.25) is 0 Å². The number of rotatable bonds is 2. The van der Waals surface area contributed by atoms with Gasteiger partial charge in [0, 0.05) is 29.4 Å². The Balaban J connectivity index is 1.92. The first-order valence-electron chi connectivity index (χ1n) is 7.60. The lowest BCUT2D eigenvalue weighted by molar-refractivity contribution is 0.532. The molecule has 1 aromatic carbocycles. The van der Waals surface area contributed by atoms with Crippen molar-refractivity contribution >= 4 is 16.7 Å². The molecule has 0 saturated heterocycles. The number of nitrogens with zero attached hydrogens (tertiary/aromatic N) is 3. The molecule has 0 atom stereocenters. The number of anilines is 1.